The predicted molar refractivity (Wildman–Crippen MR) is 116 cm³/mol. The van der Waals surface area contributed by atoms with Gasteiger partial charge in [0.05, 0.1) is 10.6 Å². The van der Waals surface area contributed by atoms with Crippen molar-refractivity contribution in [3.8, 4) is 11.5 Å². The van der Waals surface area contributed by atoms with E-state index in [4.69, 9.17) is 32.7 Å². The largest absolute Gasteiger partial charge is 0.452 e. The Kier molecular flexibility index (Phi) is 5.81. The Hall–Kier alpha value is -3.15. The van der Waals surface area contributed by atoms with Gasteiger partial charge in [0.25, 0.3) is 0 Å². The van der Waals surface area contributed by atoms with Crippen molar-refractivity contribution in [2.75, 3.05) is 0 Å². The van der Waals surface area contributed by atoms with Crippen LogP contribution in [-0.2, 0) is 4.79 Å². The average Bonchev–Trinajstić information content (AvgIpc) is 3.09. The summed E-state index contributed by atoms with van der Waals surface area (Å²) in [4.78, 5) is 25.2. The molecule has 1 atom stereocenters. The van der Waals surface area contributed by atoms with Gasteiger partial charge in [-0.25, -0.2) is 9.18 Å². The number of fused-ring (bicyclic) bond motifs is 1. The predicted octanol–water partition coefficient (Wildman–Crippen LogP) is 6.29. The molecule has 3 aromatic carbocycles. The average molecular weight is 457 g/mol. The van der Waals surface area contributed by atoms with Gasteiger partial charge in [-0.1, -0.05) is 48.0 Å². The van der Waals surface area contributed by atoms with Gasteiger partial charge in [0.15, 0.2) is 11.1 Å². The minimum absolute atomic E-state index is 0.0532. The first-order chi connectivity index (χ1) is 14.9. The van der Waals surface area contributed by atoms with E-state index in [1.54, 1.807) is 31.2 Å². The van der Waals surface area contributed by atoms with Crippen molar-refractivity contribution in [3.63, 3.8) is 0 Å². The van der Waals surface area contributed by atoms with Crippen molar-refractivity contribution >= 4 is 41.0 Å². The third kappa shape index (κ3) is 4.07. The first kappa shape index (κ1) is 21.1. The maximum Gasteiger partial charge on any atom is 0.334 e. The molecule has 0 bridgehead atoms. The van der Waals surface area contributed by atoms with E-state index >= 15 is 0 Å². The highest BCUT2D eigenvalue weighted by molar-refractivity contribution is 6.32. The van der Waals surface area contributed by atoms with Gasteiger partial charge in [-0.2, -0.15) is 0 Å². The molecule has 1 aliphatic heterocycles. The van der Waals surface area contributed by atoms with E-state index in [0.717, 1.165) is 0 Å². The number of carbonyl (C=O) groups excluding carboxylic acids is 2. The molecule has 3 aromatic rings. The highest BCUT2D eigenvalue weighted by Gasteiger charge is 2.31. The van der Waals surface area contributed by atoms with Crippen LogP contribution in [-0.4, -0.2) is 11.8 Å². The molecule has 0 radical (unpaired) electrons. The Morgan fingerprint density at radius 1 is 1.10 bits per heavy atom. The van der Waals surface area contributed by atoms with Crippen molar-refractivity contribution in [2.45, 2.75) is 12.3 Å². The van der Waals surface area contributed by atoms with Crippen LogP contribution in [0.1, 0.15) is 32.4 Å². The monoisotopic (exact) mass is 456 g/mol. The van der Waals surface area contributed by atoms with Crippen LogP contribution in [0.25, 0.3) is 6.08 Å². The van der Waals surface area contributed by atoms with E-state index in [1.165, 1.54) is 36.4 Å². The van der Waals surface area contributed by atoms with Crippen LogP contribution >= 0.6 is 23.2 Å². The summed E-state index contributed by atoms with van der Waals surface area (Å²) in [5.41, 5.74) is 1.38. The van der Waals surface area contributed by atoms with Crippen molar-refractivity contribution in [1.29, 1.82) is 0 Å². The number of esters is 1. The van der Waals surface area contributed by atoms with E-state index < -0.39 is 22.9 Å². The van der Waals surface area contributed by atoms with E-state index in [0.29, 0.717) is 11.1 Å². The summed E-state index contributed by atoms with van der Waals surface area (Å²) in [6.07, 6.45) is 1.26. The van der Waals surface area contributed by atoms with E-state index in [9.17, 15) is 14.0 Å². The van der Waals surface area contributed by atoms with Gasteiger partial charge >= 0.3 is 5.97 Å². The molecule has 0 fully saturated rings. The normalized spacial score (nSPS) is 14.8. The van der Waals surface area contributed by atoms with Crippen LogP contribution in [0.2, 0.25) is 5.02 Å². The molecule has 7 heteroatoms. The van der Waals surface area contributed by atoms with Gasteiger partial charge in [0, 0.05) is 11.1 Å². The fourth-order valence-electron chi connectivity index (χ4n) is 3.18. The van der Waals surface area contributed by atoms with Gasteiger partial charge in [0.1, 0.15) is 17.3 Å². The van der Waals surface area contributed by atoms with E-state index in [-0.39, 0.29) is 33.4 Å². The summed E-state index contributed by atoms with van der Waals surface area (Å²) in [6.45, 7) is 1.65. The Balaban J connectivity index is 1.61. The SMILES string of the molecule is Cc1c(OC(=O)C(Cl)c2ccccc2)ccc2c1O/C(=C\c1c(F)cccc1Cl)C2=O. The number of hydrogen-bond donors (Lipinski definition) is 0. The van der Waals surface area contributed by atoms with Crippen LogP contribution < -0.4 is 9.47 Å². The Labute approximate surface area is 187 Å². The molecule has 1 aliphatic rings. The van der Waals surface area contributed by atoms with Gasteiger partial charge in [-0.15, -0.1) is 11.6 Å². The fourth-order valence-corrected chi connectivity index (χ4v) is 3.58. The standard InChI is InChI=1S/C24H15Cl2FO4/c1-13-19(31-24(29)21(26)14-6-3-2-4-7-14)11-10-15-22(28)20(30-23(13)15)12-16-17(25)8-5-9-18(16)27/h2-12,21H,1H3/b20-12-. The molecule has 0 aliphatic carbocycles. The summed E-state index contributed by atoms with van der Waals surface area (Å²) in [5, 5.41) is -0.838. The zero-order valence-electron chi connectivity index (χ0n) is 16.2. The lowest BCUT2D eigenvalue weighted by atomic mass is 10.1. The summed E-state index contributed by atoms with van der Waals surface area (Å²) in [7, 11) is 0. The highest BCUT2D eigenvalue weighted by Crippen LogP contribution is 2.40. The molecular weight excluding hydrogens is 442 g/mol. The lowest BCUT2D eigenvalue weighted by molar-refractivity contribution is -0.134. The number of ether oxygens (including phenoxy) is 2. The second-order valence-electron chi connectivity index (χ2n) is 6.83. The fraction of sp³-hybridized carbons (Fsp3) is 0.0833. The smallest absolute Gasteiger partial charge is 0.334 e. The molecule has 0 saturated carbocycles. The first-order valence-electron chi connectivity index (χ1n) is 9.29. The Morgan fingerprint density at radius 2 is 1.84 bits per heavy atom. The molecule has 156 valence electrons. The van der Waals surface area contributed by atoms with Crippen molar-refractivity contribution in [1.82, 2.24) is 0 Å². The summed E-state index contributed by atoms with van der Waals surface area (Å²) in [5.74, 6) is -1.28. The molecule has 31 heavy (non-hydrogen) atoms. The van der Waals surface area contributed by atoms with Gasteiger partial charge < -0.3 is 9.47 Å². The number of halogens is 3. The van der Waals surface area contributed by atoms with Crippen LogP contribution in [0, 0.1) is 12.7 Å². The number of hydrogen-bond acceptors (Lipinski definition) is 4. The number of carbonyl (C=O) groups is 2. The molecule has 4 rings (SSSR count). The lowest BCUT2D eigenvalue weighted by Crippen LogP contribution is -2.15. The maximum atomic E-state index is 14.1. The van der Waals surface area contributed by atoms with Gasteiger partial charge in [-0.3, -0.25) is 4.79 Å². The minimum Gasteiger partial charge on any atom is -0.452 e. The lowest BCUT2D eigenvalue weighted by Gasteiger charge is -2.13. The molecule has 1 unspecified atom stereocenters. The quantitative estimate of drug-likeness (QED) is 0.200. The molecule has 1 heterocycles. The van der Waals surface area contributed by atoms with Gasteiger partial charge in [0.2, 0.25) is 5.78 Å². The second kappa shape index (κ2) is 8.53. The van der Waals surface area contributed by atoms with E-state index in [1.807, 2.05) is 6.07 Å². The Bertz CT molecular complexity index is 1200. The molecular formula is C24H15Cl2FO4. The number of allylic oxidation sites excluding steroid dienone is 1. The molecule has 4 nitrogen and oxygen atoms in total. The van der Waals surface area contributed by atoms with Crippen LogP contribution in [0.4, 0.5) is 4.39 Å². The zero-order valence-corrected chi connectivity index (χ0v) is 17.7. The highest BCUT2D eigenvalue weighted by atomic mass is 35.5. The van der Waals surface area contributed by atoms with Crippen LogP contribution in [0.15, 0.2) is 66.4 Å². The maximum absolute atomic E-state index is 14.1. The topological polar surface area (TPSA) is 52.6 Å². The number of rotatable bonds is 4. The zero-order chi connectivity index (χ0) is 22.1. The van der Waals surface area contributed by atoms with Crippen LogP contribution in [0.3, 0.4) is 0 Å². The summed E-state index contributed by atoms with van der Waals surface area (Å²) in [6, 6.07) is 16.0. The van der Waals surface area contributed by atoms with E-state index in [2.05, 4.69) is 0 Å². The number of alkyl halides is 1. The van der Waals surface area contributed by atoms with Crippen molar-refractivity contribution in [3.05, 3.63) is 99.5 Å². The number of benzene rings is 3. The third-order valence-electron chi connectivity index (χ3n) is 4.82. The first-order valence-corrected chi connectivity index (χ1v) is 10.1. The Morgan fingerprint density at radius 3 is 2.55 bits per heavy atom. The third-order valence-corrected chi connectivity index (χ3v) is 5.58. The molecule has 0 saturated heterocycles. The van der Waals surface area contributed by atoms with Gasteiger partial charge in [-0.05, 0) is 42.8 Å². The molecule has 0 spiro atoms. The van der Waals surface area contributed by atoms with Crippen molar-refractivity contribution in [2.24, 2.45) is 0 Å². The summed E-state index contributed by atoms with van der Waals surface area (Å²) >= 11 is 12.3. The minimum atomic E-state index is -0.991. The number of Topliss-reactive ketones (excluding diaryl/α,β-unsaturated/α-hetero) is 1. The number of ketones is 1. The molecule has 0 aromatic heterocycles. The molecule has 0 amide bonds. The molecule has 0 N–H and O–H groups in total. The van der Waals surface area contributed by atoms with Crippen molar-refractivity contribution < 1.29 is 23.5 Å². The van der Waals surface area contributed by atoms with Crippen LogP contribution in [0.5, 0.6) is 11.5 Å². The summed E-state index contributed by atoms with van der Waals surface area (Å²) < 4.78 is 25.2. The second-order valence-corrected chi connectivity index (χ2v) is 7.68.